The molecule has 1 rings (SSSR count). The summed E-state index contributed by atoms with van der Waals surface area (Å²) >= 11 is -0.172. The Morgan fingerprint density at radius 2 is 2.57 bits per heavy atom. The van der Waals surface area contributed by atoms with Gasteiger partial charge in [-0.2, -0.15) is 0 Å². The zero-order chi connectivity index (χ0) is 5.28. The van der Waals surface area contributed by atoms with Crippen molar-refractivity contribution >= 4 is 23.0 Å². The van der Waals surface area contributed by atoms with Crippen LogP contribution in [0.2, 0.25) is 0 Å². The molecule has 42 valence electrons. The second kappa shape index (κ2) is 2.13. The Morgan fingerprint density at radius 1 is 2.00 bits per heavy atom. The zero-order valence-electron chi connectivity index (χ0n) is 3.46. The summed E-state index contributed by atoms with van der Waals surface area (Å²) in [5.74, 6) is 0.965. The van der Waals surface area contributed by atoms with Crippen LogP contribution in [0.4, 0.5) is 0 Å². The highest BCUT2D eigenvalue weighted by Gasteiger charge is 2.23. The van der Waals surface area contributed by atoms with E-state index in [0.29, 0.717) is 0 Å². The molecule has 2 N–H and O–H groups in total. The SMILES string of the molecule is O=S(O)NC1CS1. The molecule has 0 aromatic rings. The van der Waals surface area contributed by atoms with Crippen molar-refractivity contribution in [1.29, 1.82) is 0 Å². The molecule has 1 heterocycles. The van der Waals surface area contributed by atoms with Crippen LogP contribution < -0.4 is 4.72 Å². The van der Waals surface area contributed by atoms with Gasteiger partial charge in [0.15, 0.2) is 0 Å². The van der Waals surface area contributed by atoms with Crippen LogP contribution in [0.1, 0.15) is 0 Å². The van der Waals surface area contributed by atoms with E-state index in [1.165, 1.54) is 0 Å². The number of hydrogen-bond donors (Lipinski definition) is 2. The highest BCUT2D eigenvalue weighted by molar-refractivity contribution is 8.07. The highest BCUT2D eigenvalue weighted by atomic mass is 32.2. The Balaban J connectivity index is 2.08. The topological polar surface area (TPSA) is 49.3 Å². The van der Waals surface area contributed by atoms with Gasteiger partial charge in [0.25, 0.3) is 0 Å². The van der Waals surface area contributed by atoms with E-state index in [2.05, 4.69) is 4.72 Å². The lowest BCUT2D eigenvalue weighted by Crippen LogP contribution is -2.17. The van der Waals surface area contributed by atoms with Gasteiger partial charge in [0.05, 0.1) is 5.37 Å². The molecule has 0 saturated carbocycles. The van der Waals surface area contributed by atoms with Gasteiger partial charge in [-0.05, 0) is 0 Å². The van der Waals surface area contributed by atoms with Crippen LogP contribution in [0.3, 0.4) is 0 Å². The van der Waals surface area contributed by atoms with Crippen LogP contribution >= 0.6 is 11.8 Å². The van der Waals surface area contributed by atoms with E-state index in [9.17, 15) is 4.21 Å². The van der Waals surface area contributed by atoms with E-state index >= 15 is 0 Å². The van der Waals surface area contributed by atoms with Crippen molar-refractivity contribution in [3.8, 4) is 0 Å². The fourth-order valence-electron chi connectivity index (χ4n) is 0.229. The summed E-state index contributed by atoms with van der Waals surface area (Å²) in [6, 6.07) is 0. The van der Waals surface area contributed by atoms with Gasteiger partial charge >= 0.3 is 0 Å². The molecule has 5 heteroatoms. The maximum atomic E-state index is 9.84. The Hall–Kier alpha value is 0.420. The van der Waals surface area contributed by atoms with E-state index in [0.717, 1.165) is 5.75 Å². The predicted molar refractivity (Wildman–Crippen MR) is 30.2 cm³/mol. The van der Waals surface area contributed by atoms with E-state index in [4.69, 9.17) is 4.55 Å². The standard InChI is InChI=1S/C2H5NO2S2/c4-7(5)3-2-1-6-2/h2-3H,1H2,(H,4,5). The van der Waals surface area contributed by atoms with Gasteiger partial charge in [0.1, 0.15) is 0 Å². The number of nitrogens with one attached hydrogen (secondary N) is 1. The molecular formula is C2H5NO2S2. The molecule has 1 aliphatic rings. The molecule has 2 unspecified atom stereocenters. The molecule has 0 amide bonds. The second-order valence-electron chi connectivity index (χ2n) is 1.19. The van der Waals surface area contributed by atoms with Gasteiger partial charge in [0, 0.05) is 5.75 Å². The van der Waals surface area contributed by atoms with Crippen LogP contribution in [0, 0.1) is 0 Å². The van der Waals surface area contributed by atoms with Crippen molar-refractivity contribution < 1.29 is 8.76 Å². The second-order valence-corrected chi connectivity index (χ2v) is 3.16. The third-order valence-electron chi connectivity index (χ3n) is 0.566. The zero-order valence-corrected chi connectivity index (χ0v) is 5.09. The fourth-order valence-corrected chi connectivity index (χ4v) is 1.34. The highest BCUT2D eigenvalue weighted by Crippen LogP contribution is 2.26. The van der Waals surface area contributed by atoms with Gasteiger partial charge in [-0.1, -0.05) is 0 Å². The van der Waals surface area contributed by atoms with Crippen LogP contribution in [0.5, 0.6) is 0 Å². The quantitative estimate of drug-likeness (QED) is 0.411. The number of thioether (sulfide) groups is 1. The summed E-state index contributed by atoms with van der Waals surface area (Å²) in [4.78, 5) is 0. The van der Waals surface area contributed by atoms with Crippen LogP contribution in [-0.4, -0.2) is 19.9 Å². The van der Waals surface area contributed by atoms with Crippen molar-refractivity contribution in [2.75, 3.05) is 5.75 Å². The van der Waals surface area contributed by atoms with Crippen molar-refractivity contribution in [3.05, 3.63) is 0 Å². The molecule has 0 radical (unpaired) electrons. The number of rotatable bonds is 2. The third kappa shape index (κ3) is 2.28. The minimum Gasteiger partial charge on any atom is -0.294 e. The normalized spacial score (nSPS) is 32.4. The van der Waals surface area contributed by atoms with Gasteiger partial charge in [-0.25, -0.2) is 8.93 Å². The molecule has 1 fully saturated rings. The average Bonchev–Trinajstić information content (AvgIpc) is 2.17. The van der Waals surface area contributed by atoms with Gasteiger partial charge in [0.2, 0.25) is 11.3 Å². The molecule has 0 spiro atoms. The van der Waals surface area contributed by atoms with Crippen molar-refractivity contribution in [3.63, 3.8) is 0 Å². The Kier molecular flexibility index (Phi) is 1.69. The van der Waals surface area contributed by atoms with Crippen molar-refractivity contribution in [1.82, 2.24) is 4.72 Å². The van der Waals surface area contributed by atoms with E-state index in [1.54, 1.807) is 11.8 Å². The first kappa shape index (κ1) is 5.55. The molecule has 7 heavy (non-hydrogen) atoms. The summed E-state index contributed by atoms with van der Waals surface area (Å²) in [6.45, 7) is 0. The minimum atomic E-state index is -1.80. The largest absolute Gasteiger partial charge is 0.294 e. The smallest absolute Gasteiger partial charge is 0.232 e. The monoisotopic (exact) mass is 139 g/mol. The first-order chi connectivity index (χ1) is 3.29. The number of hydrogen-bond acceptors (Lipinski definition) is 2. The molecule has 0 aliphatic carbocycles. The van der Waals surface area contributed by atoms with Crippen LogP contribution in [0.15, 0.2) is 0 Å². The van der Waals surface area contributed by atoms with E-state index in [1.807, 2.05) is 0 Å². The molecule has 1 aliphatic heterocycles. The molecule has 0 aromatic heterocycles. The van der Waals surface area contributed by atoms with Crippen LogP contribution in [0.25, 0.3) is 0 Å². The maximum Gasteiger partial charge on any atom is 0.232 e. The summed E-state index contributed by atoms with van der Waals surface area (Å²) < 4.78 is 20.4. The van der Waals surface area contributed by atoms with Crippen LogP contribution in [-0.2, 0) is 11.3 Å². The van der Waals surface area contributed by atoms with Gasteiger partial charge in [-0.15, -0.1) is 11.8 Å². The third-order valence-corrected chi connectivity index (χ3v) is 1.99. The average molecular weight is 139 g/mol. The Morgan fingerprint density at radius 3 is 2.71 bits per heavy atom. The lowest BCUT2D eigenvalue weighted by atomic mass is 10.8. The lowest BCUT2D eigenvalue weighted by molar-refractivity contribution is 0.551. The molecule has 0 aromatic carbocycles. The summed E-state index contributed by atoms with van der Waals surface area (Å²) in [7, 11) is 0. The molecule has 3 nitrogen and oxygen atoms in total. The predicted octanol–water partition coefficient (Wildman–Crippen LogP) is -0.214. The van der Waals surface area contributed by atoms with E-state index in [-0.39, 0.29) is 5.37 Å². The molecule has 1 saturated heterocycles. The summed E-state index contributed by atoms with van der Waals surface area (Å²) in [5, 5.41) is 0.242. The summed E-state index contributed by atoms with van der Waals surface area (Å²) in [5.41, 5.74) is 0. The summed E-state index contributed by atoms with van der Waals surface area (Å²) in [6.07, 6.45) is 0. The van der Waals surface area contributed by atoms with Gasteiger partial charge < -0.3 is 0 Å². The van der Waals surface area contributed by atoms with Gasteiger partial charge in [-0.3, -0.25) is 4.55 Å². The lowest BCUT2D eigenvalue weighted by Gasteiger charge is -1.87. The Bertz CT molecular complexity index is 91.7. The first-order valence-corrected chi connectivity index (χ1v) is 3.93. The molecule has 0 bridgehead atoms. The van der Waals surface area contributed by atoms with E-state index < -0.39 is 11.3 Å². The maximum absolute atomic E-state index is 9.84. The fraction of sp³-hybridized carbons (Fsp3) is 1.00. The Labute approximate surface area is 48.3 Å². The van der Waals surface area contributed by atoms with Crippen molar-refractivity contribution in [2.45, 2.75) is 5.37 Å². The molecule has 2 atom stereocenters. The van der Waals surface area contributed by atoms with Crippen molar-refractivity contribution in [2.24, 2.45) is 0 Å². The minimum absolute atomic E-state index is 0.242. The molecular weight excluding hydrogens is 134 g/mol. The first-order valence-electron chi connectivity index (χ1n) is 1.77.